The number of benzene rings is 1. The lowest BCUT2D eigenvalue weighted by molar-refractivity contribution is 0.251. The maximum absolute atomic E-state index is 12.2. The first-order valence-electron chi connectivity index (χ1n) is 6.56. The van der Waals surface area contributed by atoms with Gasteiger partial charge < -0.3 is 0 Å². The van der Waals surface area contributed by atoms with Gasteiger partial charge in [0.2, 0.25) is 10.0 Å². The number of sulfonamides is 1. The Hall–Kier alpha value is -1.17. The Morgan fingerprint density at radius 1 is 1.11 bits per heavy atom. The van der Waals surface area contributed by atoms with E-state index in [1.54, 1.807) is 4.31 Å². The summed E-state index contributed by atoms with van der Waals surface area (Å²) in [5.74, 6) is 0.252. The molecule has 0 spiro atoms. The lowest BCUT2D eigenvalue weighted by Gasteiger charge is -2.22. The van der Waals surface area contributed by atoms with Gasteiger partial charge in [0.1, 0.15) is 0 Å². The predicted molar refractivity (Wildman–Crippen MR) is 75.1 cm³/mol. The summed E-state index contributed by atoms with van der Waals surface area (Å²) in [7, 11) is -3.11. The van der Waals surface area contributed by atoms with Crippen LogP contribution in [0.25, 0.3) is 0 Å². The lowest BCUT2D eigenvalue weighted by atomic mass is 10.2. The van der Waals surface area contributed by atoms with E-state index in [9.17, 15) is 8.42 Å². The van der Waals surface area contributed by atoms with Crippen LogP contribution in [0.1, 0.15) is 5.56 Å². The van der Waals surface area contributed by atoms with Gasteiger partial charge in [0.15, 0.2) is 0 Å². The summed E-state index contributed by atoms with van der Waals surface area (Å²) in [5, 5.41) is 0. The van der Waals surface area contributed by atoms with Crippen molar-refractivity contribution in [3.05, 3.63) is 48.0 Å². The normalized spacial score (nSPS) is 27.1. The molecule has 0 radical (unpaired) electrons. The third-order valence-corrected chi connectivity index (χ3v) is 5.65. The van der Waals surface area contributed by atoms with Gasteiger partial charge in [-0.15, -0.1) is 0 Å². The highest BCUT2D eigenvalue weighted by atomic mass is 32.2. The molecule has 1 saturated heterocycles. The molecule has 1 fully saturated rings. The second-order valence-corrected chi connectivity index (χ2v) is 7.15. The topological polar surface area (TPSA) is 40.6 Å². The molecule has 1 atom stereocenters. The van der Waals surface area contributed by atoms with Crippen molar-refractivity contribution in [3.63, 3.8) is 0 Å². The molecule has 3 rings (SSSR count). The zero-order valence-corrected chi connectivity index (χ0v) is 11.6. The summed E-state index contributed by atoms with van der Waals surface area (Å²) >= 11 is 0. The summed E-state index contributed by atoms with van der Waals surface area (Å²) in [6.07, 6.45) is 4.21. The van der Waals surface area contributed by atoms with E-state index in [0.717, 1.165) is 18.7 Å². The fourth-order valence-corrected chi connectivity index (χ4v) is 4.47. The van der Waals surface area contributed by atoms with Crippen LogP contribution in [-0.4, -0.2) is 49.1 Å². The van der Waals surface area contributed by atoms with Crippen LogP contribution in [-0.2, 0) is 16.6 Å². The third kappa shape index (κ3) is 2.73. The van der Waals surface area contributed by atoms with Crippen LogP contribution in [0.2, 0.25) is 0 Å². The highest BCUT2D eigenvalue weighted by Gasteiger charge is 2.38. The van der Waals surface area contributed by atoms with Crippen LogP contribution >= 0.6 is 0 Å². The van der Waals surface area contributed by atoms with Crippen molar-refractivity contribution in [2.75, 3.05) is 25.4 Å². The molecule has 0 aromatic heterocycles. The van der Waals surface area contributed by atoms with Gasteiger partial charge in [0.25, 0.3) is 0 Å². The highest BCUT2D eigenvalue weighted by molar-refractivity contribution is 7.89. The van der Waals surface area contributed by atoms with E-state index in [1.807, 2.05) is 30.3 Å². The molecule has 0 N–H and O–H groups in total. The molecule has 1 aromatic carbocycles. The molecular weight excluding hydrogens is 260 g/mol. The van der Waals surface area contributed by atoms with Crippen molar-refractivity contribution < 1.29 is 8.42 Å². The van der Waals surface area contributed by atoms with Gasteiger partial charge in [-0.05, 0) is 5.56 Å². The van der Waals surface area contributed by atoms with E-state index >= 15 is 0 Å². The first-order chi connectivity index (χ1) is 9.15. The molecule has 0 saturated carbocycles. The third-order valence-electron chi connectivity index (χ3n) is 3.78. The summed E-state index contributed by atoms with van der Waals surface area (Å²) in [4.78, 5) is 2.22. The molecular formula is C14H18N2O2S. The number of hydrogen-bond donors (Lipinski definition) is 0. The van der Waals surface area contributed by atoms with Gasteiger partial charge in [0.05, 0.1) is 5.75 Å². The molecule has 2 heterocycles. The van der Waals surface area contributed by atoms with E-state index in [2.05, 4.69) is 17.1 Å². The van der Waals surface area contributed by atoms with Gasteiger partial charge in [-0.1, -0.05) is 42.5 Å². The van der Waals surface area contributed by atoms with Crippen LogP contribution in [0.3, 0.4) is 0 Å². The molecule has 0 bridgehead atoms. The van der Waals surface area contributed by atoms with Crippen molar-refractivity contribution in [3.8, 4) is 0 Å². The van der Waals surface area contributed by atoms with E-state index in [4.69, 9.17) is 0 Å². The molecule has 4 nitrogen and oxygen atoms in total. The van der Waals surface area contributed by atoms with Crippen LogP contribution in [0.4, 0.5) is 0 Å². The molecule has 19 heavy (non-hydrogen) atoms. The Kier molecular flexibility index (Phi) is 3.43. The molecule has 5 heteroatoms. The monoisotopic (exact) mass is 278 g/mol. The SMILES string of the molecule is O=S1(=O)CC(N2CC=CC2)CN1Cc1ccccc1. The Morgan fingerprint density at radius 3 is 2.47 bits per heavy atom. The minimum absolute atomic E-state index is 0.128. The van der Waals surface area contributed by atoms with E-state index in [1.165, 1.54) is 0 Å². The zero-order chi connectivity index (χ0) is 13.3. The van der Waals surface area contributed by atoms with Gasteiger partial charge in [-0.25, -0.2) is 8.42 Å². The maximum Gasteiger partial charge on any atom is 0.216 e. The van der Waals surface area contributed by atoms with E-state index in [0.29, 0.717) is 13.1 Å². The standard InChI is InChI=1S/C14H18N2O2S/c17-19(18)12-14(15-8-4-5-9-15)11-16(19)10-13-6-2-1-3-7-13/h1-7,14H,8-12H2. The Bertz CT molecular complexity index is 560. The molecule has 2 aliphatic heterocycles. The first-order valence-corrected chi connectivity index (χ1v) is 8.17. The van der Waals surface area contributed by atoms with Gasteiger partial charge >= 0.3 is 0 Å². The summed E-state index contributed by atoms with van der Waals surface area (Å²) in [6.45, 7) is 2.85. The van der Waals surface area contributed by atoms with Crippen molar-refractivity contribution in [2.24, 2.45) is 0 Å². The fourth-order valence-electron chi connectivity index (χ4n) is 2.71. The minimum atomic E-state index is -3.11. The quantitative estimate of drug-likeness (QED) is 0.777. The van der Waals surface area contributed by atoms with Crippen LogP contribution in [0.5, 0.6) is 0 Å². The maximum atomic E-state index is 12.2. The van der Waals surface area contributed by atoms with Gasteiger partial charge in [0, 0.05) is 32.2 Å². The second kappa shape index (κ2) is 5.07. The van der Waals surface area contributed by atoms with E-state index in [-0.39, 0.29) is 11.8 Å². The number of rotatable bonds is 3. The fraction of sp³-hybridized carbons (Fsp3) is 0.429. The largest absolute Gasteiger partial charge is 0.291 e. The summed E-state index contributed by atoms with van der Waals surface area (Å²) in [6, 6.07) is 9.91. The van der Waals surface area contributed by atoms with Crippen LogP contribution in [0.15, 0.2) is 42.5 Å². The van der Waals surface area contributed by atoms with E-state index < -0.39 is 10.0 Å². The smallest absolute Gasteiger partial charge is 0.216 e. The van der Waals surface area contributed by atoms with Crippen molar-refractivity contribution >= 4 is 10.0 Å². The average Bonchev–Trinajstić information content (AvgIpc) is 2.99. The Balaban J connectivity index is 1.71. The number of nitrogens with zero attached hydrogens (tertiary/aromatic N) is 2. The number of hydrogen-bond acceptors (Lipinski definition) is 3. The predicted octanol–water partition coefficient (Wildman–Crippen LogP) is 1.07. The van der Waals surface area contributed by atoms with Crippen LogP contribution in [0, 0.1) is 0 Å². The first kappa shape index (κ1) is 12.8. The van der Waals surface area contributed by atoms with Gasteiger partial charge in [-0.2, -0.15) is 4.31 Å². The molecule has 1 unspecified atom stereocenters. The highest BCUT2D eigenvalue weighted by Crippen LogP contribution is 2.22. The lowest BCUT2D eigenvalue weighted by Crippen LogP contribution is -2.37. The summed E-state index contributed by atoms with van der Waals surface area (Å²) < 4.78 is 26.0. The molecule has 102 valence electrons. The Morgan fingerprint density at radius 2 is 1.79 bits per heavy atom. The Labute approximate surface area is 114 Å². The van der Waals surface area contributed by atoms with Crippen molar-refractivity contribution in [1.82, 2.24) is 9.21 Å². The average molecular weight is 278 g/mol. The molecule has 2 aliphatic rings. The molecule has 0 aliphatic carbocycles. The minimum Gasteiger partial charge on any atom is -0.291 e. The zero-order valence-electron chi connectivity index (χ0n) is 10.8. The van der Waals surface area contributed by atoms with Gasteiger partial charge in [-0.3, -0.25) is 4.90 Å². The molecule has 1 aromatic rings. The second-order valence-electron chi connectivity index (χ2n) is 5.14. The van der Waals surface area contributed by atoms with Crippen molar-refractivity contribution in [1.29, 1.82) is 0 Å². The van der Waals surface area contributed by atoms with Crippen LogP contribution < -0.4 is 0 Å². The molecule has 0 amide bonds. The summed E-state index contributed by atoms with van der Waals surface area (Å²) in [5.41, 5.74) is 1.05. The van der Waals surface area contributed by atoms with Crippen molar-refractivity contribution in [2.45, 2.75) is 12.6 Å².